The molecule has 1 heterocycles. The zero-order chi connectivity index (χ0) is 21.5. The first-order valence-corrected chi connectivity index (χ1v) is 10.1. The Morgan fingerprint density at radius 1 is 1.17 bits per heavy atom. The minimum atomic E-state index is -0.322. The molecule has 1 amide bonds. The average molecular weight is 411 g/mol. The van der Waals surface area contributed by atoms with Crippen LogP contribution in [0.4, 0.5) is 4.79 Å². The molecule has 0 aliphatic carbocycles. The Bertz CT molecular complexity index is 916. The fourth-order valence-electron chi connectivity index (χ4n) is 3.26. The lowest BCUT2D eigenvalue weighted by Crippen LogP contribution is -2.25. The number of benzene rings is 2. The molecule has 1 aliphatic heterocycles. The highest BCUT2D eigenvalue weighted by Crippen LogP contribution is 2.34. The van der Waals surface area contributed by atoms with E-state index in [1.807, 2.05) is 24.3 Å². The zero-order valence-corrected chi connectivity index (χ0v) is 17.6. The minimum Gasteiger partial charge on any atom is -0.493 e. The van der Waals surface area contributed by atoms with Crippen LogP contribution in [0.3, 0.4) is 0 Å². The molecule has 0 N–H and O–H groups in total. The number of methoxy groups -OCH3 is 1. The van der Waals surface area contributed by atoms with E-state index in [2.05, 4.69) is 6.82 Å². The summed E-state index contributed by atoms with van der Waals surface area (Å²) in [5.74, 6) is 1.37. The molecule has 0 aromatic heterocycles. The predicted molar refractivity (Wildman–Crippen MR) is 114 cm³/mol. The fraction of sp³-hybridized carbons (Fsp3) is 0.364. The lowest BCUT2D eigenvalue weighted by molar-refractivity contribution is -0.142. The van der Waals surface area contributed by atoms with Crippen molar-refractivity contribution in [3.8, 4) is 17.2 Å². The zero-order valence-electron chi connectivity index (χ0n) is 17.6. The third kappa shape index (κ3) is 5.26. The molecule has 1 aliphatic rings. The maximum Gasteiger partial charge on any atom is 0.410 e. The van der Waals surface area contributed by atoms with Gasteiger partial charge in [0, 0.05) is 5.56 Å². The largest absolute Gasteiger partial charge is 0.493 e. The summed E-state index contributed by atoms with van der Waals surface area (Å²) in [6.45, 7) is 5.53. The van der Waals surface area contributed by atoms with Crippen molar-refractivity contribution in [2.45, 2.75) is 26.7 Å². The first-order chi connectivity index (χ1) is 14.5. The summed E-state index contributed by atoms with van der Waals surface area (Å²) >= 11 is 0. The molecule has 0 radical (unpaired) electrons. The maximum atomic E-state index is 11.9. The van der Waals surface area contributed by atoms with Crippen LogP contribution < -0.4 is 14.9 Å². The van der Waals surface area contributed by atoms with Crippen molar-refractivity contribution in [1.29, 1.82) is 0 Å². The van der Waals surface area contributed by atoms with E-state index in [0.717, 1.165) is 23.9 Å². The molecule has 8 heteroatoms. The summed E-state index contributed by atoms with van der Waals surface area (Å²) in [5, 5.41) is 0. The fourth-order valence-corrected chi connectivity index (χ4v) is 3.26. The first kappa shape index (κ1) is 21.6. The van der Waals surface area contributed by atoms with E-state index in [9.17, 15) is 9.59 Å². The summed E-state index contributed by atoms with van der Waals surface area (Å²) in [4.78, 5) is 25.4. The number of carbonyl (C=O) groups is 2. The quantitative estimate of drug-likeness (QED) is 0.467. The second kappa shape index (κ2) is 10.0. The molecule has 0 atom stereocenters. The van der Waals surface area contributed by atoms with E-state index in [-0.39, 0.29) is 18.5 Å². The Morgan fingerprint density at radius 2 is 1.97 bits per heavy atom. The minimum absolute atomic E-state index is 0.148. The number of cyclic esters (lactones) is 1. The van der Waals surface area contributed by atoms with Crippen LogP contribution in [0.5, 0.6) is 17.2 Å². The molecule has 0 unspecified atom stereocenters. The Balaban J connectivity index is 1.88. The van der Waals surface area contributed by atoms with Gasteiger partial charge in [0.05, 0.1) is 33.2 Å². The average Bonchev–Trinajstić information content (AvgIpc) is 3.14. The second-order valence-electron chi connectivity index (χ2n) is 6.90. The molecular weight excluding hydrogens is 385 g/mol. The predicted octanol–water partition coefficient (Wildman–Crippen LogP) is 2.66. The number of hydrogen-bond acceptors (Lipinski definition) is 6. The molecule has 30 heavy (non-hydrogen) atoms. The van der Waals surface area contributed by atoms with Gasteiger partial charge in [-0.15, -0.1) is 0 Å². The van der Waals surface area contributed by atoms with Crippen LogP contribution in [0, 0.1) is 0 Å². The van der Waals surface area contributed by atoms with E-state index in [1.54, 1.807) is 31.1 Å². The number of esters is 1. The molecule has 7 nitrogen and oxygen atoms in total. The second-order valence-corrected chi connectivity index (χ2v) is 6.90. The third-order valence-corrected chi connectivity index (χ3v) is 4.84. The number of nitrogens with zero attached hydrogens (tertiary/aromatic N) is 1. The van der Waals surface area contributed by atoms with Gasteiger partial charge >= 0.3 is 12.1 Å². The highest BCUT2D eigenvalue weighted by Gasteiger charge is 2.23. The van der Waals surface area contributed by atoms with E-state index in [1.165, 1.54) is 0 Å². The van der Waals surface area contributed by atoms with Crippen LogP contribution >= 0.6 is 0 Å². The SMILES string of the molecule is CBc1ccc(Oc2cc(CC(=O)OCC)ccc2OC)c(CN2CCOC2=O)c1. The Labute approximate surface area is 177 Å². The van der Waals surface area contributed by atoms with Crippen molar-refractivity contribution >= 4 is 24.8 Å². The molecule has 158 valence electrons. The number of rotatable bonds is 9. The standard InChI is InChI=1S/C22H26BNO6/c1-4-28-21(25)12-15-5-7-19(27-3)20(11-15)30-18-8-6-17(23-2)13-16(18)14-24-9-10-29-22(24)26/h5-8,11,13,23H,4,9-10,12,14H2,1-3H3. The molecule has 2 aromatic rings. The van der Waals surface area contributed by atoms with Gasteiger partial charge in [0.25, 0.3) is 0 Å². The number of amides is 1. The van der Waals surface area contributed by atoms with Gasteiger partial charge < -0.3 is 23.8 Å². The van der Waals surface area contributed by atoms with Crippen molar-refractivity contribution in [3.05, 3.63) is 47.5 Å². The van der Waals surface area contributed by atoms with Gasteiger partial charge in [0.15, 0.2) is 18.8 Å². The normalized spacial score (nSPS) is 13.0. The van der Waals surface area contributed by atoms with Gasteiger partial charge in [0.1, 0.15) is 12.4 Å². The number of carbonyl (C=O) groups excluding carboxylic acids is 2. The van der Waals surface area contributed by atoms with Crippen molar-refractivity contribution in [3.63, 3.8) is 0 Å². The first-order valence-electron chi connectivity index (χ1n) is 10.1. The molecular formula is C22H26BNO6. The van der Waals surface area contributed by atoms with Crippen LogP contribution in [0.25, 0.3) is 0 Å². The van der Waals surface area contributed by atoms with Crippen LogP contribution in [-0.4, -0.2) is 51.1 Å². The highest BCUT2D eigenvalue weighted by atomic mass is 16.6. The van der Waals surface area contributed by atoms with Gasteiger partial charge in [-0.3, -0.25) is 4.79 Å². The lowest BCUT2D eigenvalue weighted by atomic mass is 9.73. The van der Waals surface area contributed by atoms with E-state index in [0.29, 0.717) is 43.6 Å². The summed E-state index contributed by atoms with van der Waals surface area (Å²) in [6.07, 6.45) is -0.174. The van der Waals surface area contributed by atoms with Crippen LogP contribution in [-0.2, 0) is 27.2 Å². The van der Waals surface area contributed by atoms with Gasteiger partial charge in [-0.05, 0) is 30.7 Å². The van der Waals surface area contributed by atoms with Crippen LogP contribution in [0.15, 0.2) is 36.4 Å². The van der Waals surface area contributed by atoms with E-state index < -0.39 is 0 Å². The van der Waals surface area contributed by atoms with Crippen molar-refractivity contribution in [1.82, 2.24) is 4.90 Å². The van der Waals surface area contributed by atoms with Gasteiger partial charge in [-0.25, -0.2) is 4.79 Å². The molecule has 0 bridgehead atoms. The molecule has 1 saturated heterocycles. The lowest BCUT2D eigenvalue weighted by Gasteiger charge is -2.18. The Hall–Kier alpha value is -3.16. The Morgan fingerprint density at radius 3 is 2.63 bits per heavy atom. The maximum absolute atomic E-state index is 11.9. The van der Waals surface area contributed by atoms with Crippen molar-refractivity contribution < 1.29 is 28.5 Å². The monoisotopic (exact) mass is 411 g/mol. The molecule has 1 fully saturated rings. The van der Waals surface area contributed by atoms with Gasteiger partial charge in [-0.2, -0.15) is 0 Å². The highest BCUT2D eigenvalue weighted by molar-refractivity contribution is 6.51. The summed E-state index contributed by atoms with van der Waals surface area (Å²) in [7, 11) is 2.44. The van der Waals surface area contributed by atoms with E-state index >= 15 is 0 Å². The summed E-state index contributed by atoms with van der Waals surface area (Å²) < 4.78 is 21.7. The molecule has 0 spiro atoms. The van der Waals surface area contributed by atoms with Gasteiger partial charge in [0.2, 0.25) is 0 Å². The molecule has 0 saturated carbocycles. The summed E-state index contributed by atoms with van der Waals surface area (Å²) in [5.41, 5.74) is 2.79. The van der Waals surface area contributed by atoms with E-state index in [4.69, 9.17) is 18.9 Å². The third-order valence-electron chi connectivity index (χ3n) is 4.84. The topological polar surface area (TPSA) is 74.3 Å². The number of ether oxygens (including phenoxy) is 4. The Kier molecular flexibility index (Phi) is 7.22. The smallest absolute Gasteiger partial charge is 0.410 e. The summed E-state index contributed by atoms with van der Waals surface area (Å²) in [6, 6.07) is 11.3. The number of hydrogen-bond donors (Lipinski definition) is 0. The van der Waals surface area contributed by atoms with Gasteiger partial charge in [-0.1, -0.05) is 30.5 Å². The van der Waals surface area contributed by atoms with Crippen LogP contribution in [0.2, 0.25) is 6.82 Å². The molecule has 2 aromatic carbocycles. The van der Waals surface area contributed by atoms with Crippen molar-refractivity contribution in [2.24, 2.45) is 0 Å². The van der Waals surface area contributed by atoms with Crippen LogP contribution in [0.1, 0.15) is 18.1 Å². The molecule has 3 rings (SSSR count). The van der Waals surface area contributed by atoms with Crippen molar-refractivity contribution in [2.75, 3.05) is 26.9 Å².